The minimum Gasteiger partial charge on any atom is -0.398 e. The van der Waals surface area contributed by atoms with Crippen molar-refractivity contribution in [2.45, 2.75) is 43.5 Å². The zero-order chi connectivity index (χ0) is 15.6. The zero-order valence-corrected chi connectivity index (χ0v) is 12.8. The van der Waals surface area contributed by atoms with E-state index in [0.29, 0.717) is 5.92 Å². The molecule has 0 saturated heterocycles. The molecule has 0 aliphatic heterocycles. The van der Waals surface area contributed by atoms with Crippen molar-refractivity contribution in [1.29, 1.82) is 0 Å². The van der Waals surface area contributed by atoms with Gasteiger partial charge in [-0.2, -0.15) is 0 Å². The number of carbonyl (C=O) groups is 1. The van der Waals surface area contributed by atoms with Crippen LogP contribution < -0.4 is 16.2 Å². The standard InChI is InChI=1S/C14H21N3O3S/c1-9(10-4-2-3-5-10)17-21(19,20)13-7-6-11(14(16)18)8-12(13)15/h6-10,17H,2-5,15H2,1H3,(H2,16,18). The summed E-state index contributed by atoms with van der Waals surface area (Å²) in [5, 5.41) is 0. The molecular weight excluding hydrogens is 290 g/mol. The summed E-state index contributed by atoms with van der Waals surface area (Å²) in [5.74, 6) is -0.274. The van der Waals surface area contributed by atoms with Gasteiger partial charge in [-0.05, 0) is 43.9 Å². The van der Waals surface area contributed by atoms with Crippen molar-refractivity contribution in [2.75, 3.05) is 5.73 Å². The molecular formula is C14H21N3O3S. The van der Waals surface area contributed by atoms with Gasteiger partial charge in [0.05, 0.1) is 5.69 Å². The van der Waals surface area contributed by atoms with Crippen molar-refractivity contribution >= 4 is 21.6 Å². The number of anilines is 1. The van der Waals surface area contributed by atoms with Crippen molar-refractivity contribution in [3.05, 3.63) is 23.8 Å². The van der Waals surface area contributed by atoms with Crippen LogP contribution in [0.1, 0.15) is 43.0 Å². The summed E-state index contributed by atoms with van der Waals surface area (Å²) in [6, 6.07) is 3.84. The van der Waals surface area contributed by atoms with E-state index in [0.717, 1.165) is 25.7 Å². The number of carbonyl (C=O) groups excluding carboxylic acids is 1. The minimum absolute atomic E-state index is 0.0163. The lowest BCUT2D eigenvalue weighted by atomic mass is 10.0. The highest BCUT2D eigenvalue weighted by Gasteiger charge is 2.27. The van der Waals surface area contributed by atoms with Crippen molar-refractivity contribution in [3.8, 4) is 0 Å². The van der Waals surface area contributed by atoms with Gasteiger partial charge in [0.15, 0.2) is 0 Å². The Bertz CT molecular complexity index is 637. The summed E-state index contributed by atoms with van der Waals surface area (Å²) >= 11 is 0. The summed E-state index contributed by atoms with van der Waals surface area (Å²) < 4.78 is 27.5. The lowest BCUT2D eigenvalue weighted by Crippen LogP contribution is -2.37. The van der Waals surface area contributed by atoms with Crippen LogP contribution in [0.15, 0.2) is 23.1 Å². The molecule has 1 aliphatic rings. The number of nitrogen functional groups attached to an aromatic ring is 1. The molecule has 0 radical (unpaired) electrons. The van der Waals surface area contributed by atoms with Gasteiger partial charge in [0.2, 0.25) is 15.9 Å². The first-order valence-corrected chi connectivity index (χ1v) is 8.51. The third-order valence-corrected chi connectivity index (χ3v) is 5.66. The Morgan fingerprint density at radius 3 is 2.48 bits per heavy atom. The van der Waals surface area contributed by atoms with Gasteiger partial charge in [-0.25, -0.2) is 13.1 Å². The molecule has 1 aromatic rings. The number of nitrogens with two attached hydrogens (primary N) is 2. The van der Waals surface area contributed by atoms with E-state index in [1.54, 1.807) is 0 Å². The quantitative estimate of drug-likeness (QED) is 0.709. The molecule has 21 heavy (non-hydrogen) atoms. The normalized spacial score (nSPS) is 17.8. The molecule has 1 aromatic carbocycles. The van der Waals surface area contributed by atoms with E-state index in [9.17, 15) is 13.2 Å². The van der Waals surface area contributed by atoms with Crippen LogP contribution in [0.25, 0.3) is 0 Å². The Morgan fingerprint density at radius 1 is 1.33 bits per heavy atom. The molecule has 1 amide bonds. The van der Waals surface area contributed by atoms with Crippen molar-refractivity contribution < 1.29 is 13.2 Å². The van der Waals surface area contributed by atoms with E-state index in [2.05, 4.69) is 4.72 Å². The van der Waals surface area contributed by atoms with E-state index in [-0.39, 0.29) is 22.2 Å². The van der Waals surface area contributed by atoms with Crippen LogP contribution in [-0.2, 0) is 10.0 Å². The SMILES string of the molecule is CC(NS(=O)(=O)c1ccc(C(N)=O)cc1N)C1CCCC1. The summed E-state index contributed by atoms with van der Waals surface area (Å²) in [7, 11) is -3.70. The number of nitrogens with one attached hydrogen (secondary N) is 1. The highest BCUT2D eigenvalue weighted by atomic mass is 32.2. The molecule has 0 heterocycles. The largest absolute Gasteiger partial charge is 0.398 e. The number of sulfonamides is 1. The second kappa shape index (κ2) is 6.03. The molecule has 0 bridgehead atoms. The number of hydrogen-bond donors (Lipinski definition) is 3. The molecule has 0 spiro atoms. The van der Waals surface area contributed by atoms with Gasteiger partial charge in [0.25, 0.3) is 0 Å². The van der Waals surface area contributed by atoms with Crippen LogP contribution in [-0.4, -0.2) is 20.4 Å². The highest BCUT2D eigenvalue weighted by Crippen LogP contribution is 2.29. The van der Waals surface area contributed by atoms with E-state index < -0.39 is 15.9 Å². The maximum absolute atomic E-state index is 12.4. The minimum atomic E-state index is -3.70. The lowest BCUT2D eigenvalue weighted by Gasteiger charge is -2.20. The highest BCUT2D eigenvalue weighted by molar-refractivity contribution is 7.89. The lowest BCUT2D eigenvalue weighted by molar-refractivity contribution is 0.1000. The molecule has 7 heteroatoms. The van der Waals surface area contributed by atoms with Gasteiger partial charge in [0, 0.05) is 11.6 Å². The van der Waals surface area contributed by atoms with E-state index in [4.69, 9.17) is 11.5 Å². The number of primary amides is 1. The molecule has 6 nitrogen and oxygen atoms in total. The fourth-order valence-corrected chi connectivity index (χ4v) is 4.23. The average molecular weight is 311 g/mol. The fourth-order valence-electron chi connectivity index (χ4n) is 2.81. The summed E-state index contributed by atoms with van der Waals surface area (Å²) in [6.07, 6.45) is 4.37. The molecule has 1 saturated carbocycles. The molecule has 0 aromatic heterocycles. The summed E-state index contributed by atoms with van der Waals surface area (Å²) in [6.45, 7) is 1.88. The third-order valence-electron chi connectivity index (χ3n) is 4.03. The van der Waals surface area contributed by atoms with Gasteiger partial charge in [-0.3, -0.25) is 4.79 Å². The third kappa shape index (κ3) is 3.54. The Morgan fingerprint density at radius 2 is 1.95 bits per heavy atom. The second-order valence-electron chi connectivity index (χ2n) is 5.57. The monoisotopic (exact) mass is 311 g/mol. The van der Waals surface area contributed by atoms with Gasteiger partial charge < -0.3 is 11.5 Å². The Balaban J connectivity index is 2.21. The van der Waals surface area contributed by atoms with Gasteiger partial charge in [0.1, 0.15) is 4.90 Å². The molecule has 2 rings (SSSR count). The molecule has 5 N–H and O–H groups in total. The fraction of sp³-hybridized carbons (Fsp3) is 0.500. The molecule has 1 unspecified atom stereocenters. The Hall–Kier alpha value is -1.60. The first kappa shape index (κ1) is 15.8. The molecule has 116 valence electrons. The smallest absolute Gasteiger partial charge is 0.248 e. The summed E-state index contributed by atoms with van der Waals surface area (Å²) in [5.41, 5.74) is 11.1. The molecule has 1 aliphatic carbocycles. The number of rotatable bonds is 5. The van der Waals surface area contributed by atoms with E-state index >= 15 is 0 Å². The summed E-state index contributed by atoms with van der Waals surface area (Å²) in [4.78, 5) is 11.1. The van der Waals surface area contributed by atoms with Crippen molar-refractivity contribution in [2.24, 2.45) is 11.7 Å². The van der Waals surface area contributed by atoms with Crippen LogP contribution in [0.4, 0.5) is 5.69 Å². The Labute approximate surface area is 124 Å². The predicted molar refractivity (Wildman–Crippen MR) is 81.1 cm³/mol. The van der Waals surface area contributed by atoms with Crippen LogP contribution in [0.2, 0.25) is 0 Å². The number of amides is 1. The van der Waals surface area contributed by atoms with Gasteiger partial charge >= 0.3 is 0 Å². The van der Waals surface area contributed by atoms with E-state index in [1.807, 2.05) is 6.92 Å². The maximum Gasteiger partial charge on any atom is 0.248 e. The van der Waals surface area contributed by atoms with Crippen LogP contribution in [0.3, 0.4) is 0 Å². The number of benzene rings is 1. The maximum atomic E-state index is 12.4. The van der Waals surface area contributed by atoms with Crippen molar-refractivity contribution in [1.82, 2.24) is 4.72 Å². The van der Waals surface area contributed by atoms with E-state index in [1.165, 1.54) is 18.2 Å². The topological polar surface area (TPSA) is 115 Å². The van der Waals surface area contributed by atoms with Crippen LogP contribution in [0.5, 0.6) is 0 Å². The predicted octanol–water partition coefficient (Wildman–Crippen LogP) is 1.22. The van der Waals surface area contributed by atoms with Crippen LogP contribution in [0, 0.1) is 5.92 Å². The first-order valence-electron chi connectivity index (χ1n) is 7.03. The number of hydrogen-bond acceptors (Lipinski definition) is 4. The molecule has 1 fully saturated rings. The zero-order valence-electron chi connectivity index (χ0n) is 12.0. The average Bonchev–Trinajstić information content (AvgIpc) is 2.91. The first-order chi connectivity index (χ1) is 9.81. The molecule has 1 atom stereocenters. The Kier molecular flexibility index (Phi) is 4.53. The van der Waals surface area contributed by atoms with Gasteiger partial charge in [-0.15, -0.1) is 0 Å². The second-order valence-corrected chi connectivity index (χ2v) is 7.25. The van der Waals surface area contributed by atoms with Gasteiger partial charge in [-0.1, -0.05) is 12.8 Å². The van der Waals surface area contributed by atoms with Crippen molar-refractivity contribution in [3.63, 3.8) is 0 Å². The van der Waals surface area contributed by atoms with Crippen LogP contribution >= 0.6 is 0 Å².